The summed E-state index contributed by atoms with van der Waals surface area (Å²) in [6.07, 6.45) is -1.68. The summed E-state index contributed by atoms with van der Waals surface area (Å²) >= 11 is 11.0. The Morgan fingerprint density at radius 3 is 1.62 bits per heavy atom. The van der Waals surface area contributed by atoms with E-state index in [1.165, 1.54) is 18.7 Å². The van der Waals surface area contributed by atoms with Gasteiger partial charge in [-0.25, -0.2) is 18.7 Å². The molecule has 0 aliphatic carbocycles. The first kappa shape index (κ1) is 20.4. The van der Waals surface area contributed by atoms with Crippen molar-refractivity contribution in [1.82, 2.24) is 39.6 Å². The van der Waals surface area contributed by atoms with Crippen molar-refractivity contribution in [3.63, 3.8) is 0 Å². The van der Waals surface area contributed by atoms with Gasteiger partial charge in [0.25, 0.3) is 0 Å². The van der Waals surface area contributed by atoms with Crippen LogP contribution in [0.2, 0.25) is 0 Å². The molecule has 4 aliphatic rings. The number of ketones is 2. The number of rotatable bonds is 5. The van der Waals surface area contributed by atoms with Gasteiger partial charge in [0.1, 0.15) is 12.2 Å². The first-order chi connectivity index (χ1) is 15.5. The van der Waals surface area contributed by atoms with Crippen LogP contribution >= 0.6 is 24.4 Å². The van der Waals surface area contributed by atoms with E-state index in [0.29, 0.717) is 35.8 Å². The summed E-state index contributed by atoms with van der Waals surface area (Å²) in [7, 11) is 0. The Morgan fingerprint density at radius 2 is 1.19 bits per heavy atom. The molecule has 4 fully saturated rings. The van der Waals surface area contributed by atoms with Crippen LogP contribution < -0.4 is 0 Å². The third-order valence-electron chi connectivity index (χ3n) is 6.10. The van der Waals surface area contributed by atoms with Gasteiger partial charge in [-0.3, -0.25) is 9.59 Å². The minimum Gasteiger partial charge on any atom is -0.343 e. The molecular weight excluding hydrogens is 464 g/mol. The van der Waals surface area contributed by atoms with Crippen LogP contribution in [-0.4, -0.2) is 89.1 Å². The molecule has 0 radical (unpaired) electrons. The van der Waals surface area contributed by atoms with Crippen LogP contribution in [0.15, 0.2) is 0 Å². The maximum absolute atomic E-state index is 12.1. The van der Waals surface area contributed by atoms with Crippen molar-refractivity contribution in [2.24, 2.45) is 0 Å². The standard InChI is InChI=1S/C16H18N8O6S2/c25-9-3-7(11-5-27-13(9)29-11)23-15(31)21(17-19-23)1-2-22-16(32)24(20-18-22)8-4-10(26)14-28-6-12(8)30-14/h7-8,11-14H,1-6H2/t7-,8-,11+,12+,13-,14+/m0/s1. The van der Waals surface area contributed by atoms with Crippen LogP contribution in [0.4, 0.5) is 0 Å². The van der Waals surface area contributed by atoms with Gasteiger partial charge in [0.05, 0.1) is 38.4 Å². The van der Waals surface area contributed by atoms with Gasteiger partial charge in [-0.05, 0) is 45.3 Å². The van der Waals surface area contributed by atoms with Gasteiger partial charge < -0.3 is 18.9 Å². The summed E-state index contributed by atoms with van der Waals surface area (Å²) in [5.74, 6) is -0.264. The van der Waals surface area contributed by atoms with E-state index in [4.69, 9.17) is 43.4 Å². The van der Waals surface area contributed by atoms with E-state index in [1.54, 1.807) is 0 Å². The summed E-state index contributed by atoms with van der Waals surface area (Å²) in [5, 5.41) is 16.5. The van der Waals surface area contributed by atoms with E-state index < -0.39 is 12.6 Å². The molecule has 0 saturated carbocycles. The van der Waals surface area contributed by atoms with Crippen LogP contribution in [-0.2, 0) is 41.6 Å². The molecular formula is C16H18N8O6S2. The molecule has 6 rings (SSSR count). The summed E-state index contributed by atoms with van der Waals surface area (Å²) in [6, 6.07) is -0.710. The zero-order valence-corrected chi connectivity index (χ0v) is 18.2. The summed E-state index contributed by atoms with van der Waals surface area (Å²) in [5.41, 5.74) is 0. The number of Topliss-reactive ketones (excluding diaryl/α,β-unsaturated/α-hetero) is 2. The van der Waals surface area contributed by atoms with E-state index in [-0.39, 0.29) is 48.7 Å². The summed E-state index contributed by atoms with van der Waals surface area (Å²) in [6.45, 7) is 1.31. The second kappa shape index (κ2) is 7.67. The lowest BCUT2D eigenvalue weighted by atomic mass is 10.0. The molecule has 0 amide bonds. The Morgan fingerprint density at radius 1 is 0.750 bits per heavy atom. The molecule has 2 aromatic heterocycles. The molecule has 4 bridgehead atoms. The smallest absolute Gasteiger partial charge is 0.218 e. The third-order valence-corrected chi connectivity index (χ3v) is 6.89. The van der Waals surface area contributed by atoms with E-state index in [9.17, 15) is 9.59 Å². The van der Waals surface area contributed by atoms with Crippen molar-refractivity contribution >= 4 is 36.0 Å². The average Bonchev–Trinajstić information content (AvgIpc) is 3.55. The van der Waals surface area contributed by atoms with Crippen LogP contribution in [0.3, 0.4) is 0 Å². The second-order valence-electron chi connectivity index (χ2n) is 8.01. The predicted molar refractivity (Wildman–Crippen MR) is 104 cm³/mol. The fourth-order valence-corrected chi connectivity index (χ4v) is 4.99. The third kappa shape index (κ3) is 3.20. The molecule has 6 heterocycles. The number of carbonyl (C=O) groups excluding carboxylic acids is 2. The number of tetrazole rings is 2. The number of carbonyl (C=O) groups is 2. The molecule has 4 aliphatic heterocycles. The van der Waals surface area contributed by atoms with Crippen LogP contribution in [0.1, 0.15) is 24.9 Å². The first-order valence-corrected chi connectivity index (χ1v) is 11.0. The van der Waals surface area contributed by atoms with Crippen molar-refractivity contribution in [1.29, 1.82) is 0 Å². The van der Waals surface area contributed by atoms with Crippen molar-refractivity contribution in [3.05, 3.63) is 9.54 Å². The number of hydrogen-bond donors (Lipinski definition) is 0. The van der Waals surface area contributed by atoms with Gasteiger partial charge in [0, 0.05) is 12.8 Å². The Kier molecular flexibility index (Phi) is 4.88. The number of fused-ring (bicyclic) bond motifs is 4. The Hall–Kier alpha value is -2.24. The lowest BCUT2D eigenvalue weighted by Gasteiger charge is -2.25. The van der Waals surface area contributed by atoms with E-state index in [0.717, 1.165) is 0 Å². The highest BCUT2D eigenvalue weighted by molar-refractivity contribution is 7.71. The number of nitrogens with zero attached hydrogens (tertiary/aromatic N) is 8. The van der Waals surface area contributed by atoms with Crippen LogP contribution in [0.5, 0.6) is 0 Å². The monoisotopic (exact) mass is 482 g/mol. The largest absolute Gasteiger partial charge is 0.343 e. The molecule has 32 heavy (non-hydrogen) atoms. The van der Waals surface area contributed by atoms with Gasteiger partial charge in [-0.1, -0.05) is 0 Å². The number of hydrogen-bond acceptors (Lipinski definition) is 12. The normalized spacial score (nSPS) is 33.9. The van der Waals surface area contributed by atoms with Gasteiger partial charge in [-0.2, -0.15) is 0 Å². The van der Waals surface area contributed by atoms with Gasteiger partial charge >= 0.3 is 0 Å². The zero-order valence-electron chi connectivity index (χ0n) is 16.6. The van der Waals surface area contributed by atoms with Gasteiger partial charge in [-0.15, -0.1) is 0 Å². The van der Waals surface area contributed by atoms with Crippen molar-refractivity contribution in [3.8, 4) is 0 Å². The Balaban J connectivity index is 1.17. The Bertz CT molecular complexity index is 1110. The molecule has 16 heteroatoms. The van der Waals surface area contributed by atoms with E-state index in [1.807, 2.05) is 0 Å². The maximum atomic E-state index is 12.1. The lowest BCUT2D eigenvalue weighted by Crippen LogP contribution is -2.37. The highest BCUT2D eigenvalue weighted by Crippen LogP contribution is 2.33. The molecule has 14 nitrogen and oxygen atoms in total. The lowest BCUT2D eigenvalue weighted by molar-refractivity contribution is -0.156. The topological polar surface area (TPSA) is 142 Å². The zero-order chi connectivity index (χ0) is 22.0. The fraction of sp³-hybridized carbons (Fsp3) is 0.750. The highest BCUT2D eigenvalue weighted by atomic mass is 32.1. The van der Waals surface area contributed by atoms with E-state index >= 15 is 0 Å². The minimum absolute atomic E-state index is 0.132. The molecule has 0 unspecified atom stereocenters. The molecule has 0 N–H and O–H groups in total. The molecule has 170 valence electrons. The quantitative estimate of drug-likeness (QED) is 0.490. The van der Waals surface area contributed by atoms with Gasteiger partial charge in [0.2, 0.25) is 22.1 Å². The molecule has 0 spiro atoms. The van der Waals surface area contributed by atoms with Crippen molar-refractivity contribution < 1.29 is 28.5 Å². The van der Waals surface area contributed by atoms with E-state index in [2.05, 4.69) is 20.9 Å². The van der Waals surface area contributed by atoms with Gasteiger partial charge in [0.15, 0.2) is 11.6 Å². The summed E-state index contributed by atoms with van der Waals surface area (Å²) in [4.78, 5) is 24.2. The molecule has 4 saturated heterocycles. The predicted octanol–water partition coefficient (Wildman–Crippen LogP) is -0.857. The van der Waals surface area contributed by atoms with Crippen LogP contribution in [0.25, 0.3) is 0 Å². The molecule has 6 atom stereocenters. The Labute approximate surface area is 189 Å². The summed E-state index contributed by atoms with van der Waals surface area (Å²) < 4.78 is 28.7. The van der Waals surface area contributed by atoms with Crippen molar-refractivity contribution in [2.45, 2.75) is 62.8 Å². The minimum atomic E-state index is -0.781. The SMILES string of the molecule is O=C1C[C@H](n2nnn(CCn3nnn([C@H]4CC(=O)[C@H]5OC[C@H]4O5)c3=S)c2=S)[C@H]2CO[C@@H]1O2. The molecule has 0 aromatic carbocycles. The molecule has 2 aromatic rings. The fourth-order valence-electron chi connectivity index (χ4n) is 4.39. The second-order valence-corrected chi connectivity index (χ2v) is 8.74. The van der Waals surface area contributed by atoms with Crippen molar-refractivity contribution in [2.75, 3.05) is 13.2 Å². The van der Waals surface area contributed by atoms with Crippen LogP contribution in [0, 0.1) is 9.54 Å². The highest BCUT2D eigenvalue weighted by Gasteiger charge is 2.46. The maximum Gasteiger partial charge on any atom is 0.218 e. The number of ether oxygens (including phenoxy) is 4. The average molecular weight is 483 g/mol. The number of aromatic nitrogens is 8. The number of aryl methyl sites for hydroxylation is 2. The first-order valence-electron chi connectivity index (χ1n) is 10.1.